The van der Waals surface area contributed by atoms with Crippen molar-refractivity contribution in [3.8, 4) is 0 Å². The molecule has 1 aromatic heterocycles. The summed E-state index contributed by atoms with van der Waals surface area (Å²) >= 11 is 1.51. The number of amides is 1. The highest BCUT2D eigenvalue weighted by molar-refractivity contribution is 7.14. The van der Waals surface area contributed by atoms with Crippen LogP contribution in [0.4, 0.5) is 0 Å². The standard InChI is InChI=1S/C13H21NO2S/c1-5-10-6-12(17-9(10)4)13(16)14-7-11(15)8(2)3/h6,8,11,15H,5,7H2,1-4H3,(H,14,16). The third kappa shape index (κ3) is 3.82. The summed E-state index contributed by atoms with van der Waals surface area (Å²) < 4.78 is 0. The molecule has 96 valence electrons. The molecular formula is C13H21NO2S. The minimum Gasteiger partial charge on any atom is -0.391 e. The second-order valence-electron chi connectivity index (χ2n) is 4.57. The van der Waals surface area contributed by atoms with Crippen LogP contribution in [0.5, 0.6) is 0 Å². The zero-order valence-electron chi connectivity index (χ0n) is 10.9. The lowest BCUT2D eigenvalue weighted by Crippen LogP contribution is -2.34. The van der Waals surface area contributed by atoms with Crippen molar-refractivity contribution >= 4 is 17.2 Å². The molecule has 2 N–H and O–H groups in total. The highest BCUT2D eigenvalue weighted by atomic mass is 32.1. The minimum absolute atomic E-state index is 0.0856. The van der Waals surface area contributed by atoms with Gasteiger partial charge in [0.2, 0.25) is 0 Å². The summed E-state index contributed by atoms with van der Waals surface area (Å²) in [6, 6.07) is 1.94. The number of hydrogen-bond acceptors (Lipinski definition) is 3. The quantitative estimate of drug-likeness (QED) is 0.848. The topological polar surface area (TPSA) is 49.3 Å². The van der Waals surface area contributed by atoms with Gasteiger partial charge in [0, 0.05) is 11.4 Å². The van der Waals surface area contributed by atoms with Crippen LogP contribution >= 0.6 is 11.3 Å². The number of thiophene rings is 1. The van der Waals surface area contributed by atoms with Crippen molar-refractivity contribution in [3.63, 3.8) is 0 Å². The van der Waals surface area contributed by atoms with Crippen LogP contribution < -0.4 is 5.32 Å². The second kappa shape index (κ2) is 6.17. The predicted octanol–water partition coefficient (Wildman–Crippen LogP) is 2.37. The third-order valence-electron chi connectivity index (χ3n) is 2.87. The average Bonchev–Trinajstić information content (AvgIpc) is 2.66. The molecule has 0 saturated heterocycles. The molecule has 0 aliphatic carbocycles. The van der Waals surface area contributed by atoms with Crippen LogP contribution in [0.15, 0.2) is 6.07 Å². The Labute approximate surface area is 107 Å². The number of carbonyl (C=O) groups is 1. The van der Waals surface area contributed by atoms with E-state index in [1.165, 1.54) is 21.8 Å². The highest BCUT2D eigenvalue weighted by Crippen LogP contribution is 2.21. The number of carbonyl (C=O) groups excluding carboxylic acids is 1. The number of aliphatic hydroxyl groups is 1. The van der Waals surface area contributed by atoms with Gasteiger partial charge in [-0.3, -0.25) is 4.79 Å². The number of nitrogens with one attached hydrogen (secondary N) is 1. The number of aryl methyl sites for hydroxylation is 2. The number of hydrogen-bond donors (Lipinski definition) is 2. The molecule has 17 heavy (non-hydrogen) atoms. The number of rotatable bonds is 5. The molecule has 4 heteroatoms. The minimum atomic E-state index is -0.481. The molecular weight excluding hydrogens is 234 g/mol. The lowest BCUT2D eigenvalue weighted by Gasteiger charge is -2.14. The fraction of sp³-hybridized carbons (Fsp3) is 0.615. The largest absolute Gasteiger partial charge is 0.391 e. The molecule has 1 amide bonds. The summed E-state index contributed by atoms with van der Waals surface area (Å²) in [4.78, 5) is 13.8. The lowest BCUT2D eigenvalue weighted by atomic mass is 10.1. The van der Waals surface area contributed by atoms with Gasteiger partial charge in [-0.2, -0.15) is 0 Å². The smallest absolute Gasteiger partial charge is 0.261 e. The SMILES string of the molecule is CCc1cc(C(=O)NCC(O)C(C)C)sc1C. The first-order valence-electron chi connectivity index (χ1n) is 6.01. The first kappa shape index (κ1) is 14.2. The van der Waals surface area contributed by atoms with Crippen LogP contribution in [0.25, 0.3) is 0 Å². The molecule has 0 radical (unpaired) electrons. The van der Waals surface area contributed by atoms with Gasteiger partial charge in [-0.15, -0.1) is 11.3 Å². The summed E-state index contributed by atoms with van der Waals surface area (Å²) in [6.07, 6.45) is 0.468. The van der Waals surface area contributed by atoms with Crippen molar-refractivity contribution in [3.05, 3.63) is 21.4 Å². The van der Waals surface area contributed by atoms with Gasteiger partial charge in [-0.05, 0) is 30.9 Å². The Balaban J connectivity index is 2.58. The predicted molar refractivity (Wildman–Crippen MR) is 71.6 cm³/mol. The fourth-order valence-electron chi connectivity index (χ4n) is 1.50. The van der Waals surface area contributed by atoms with Crippen molar-refractivity contribution in [2.45, 2.75) is 40.2 Å². The van der Waals surface area contributed by atoms with Crippen molar-refractivity contribution in [2.75, 3.05) is 6.54 Å². The van der Waals surface area contributed by atoms with E-state index in [4.69, 9.17) is 0 Å². The van der Waals surface area contributed by atoms with E-state index >= 15 is 0 Å². The molecule has 1 unspecified atom stereocenters. The third-order valence-corrected chi connectivity index (χ3v) is 3.96. The van der Waals surface area contributed by atoms with Gasteiger partial charge in [0.25, 0.3) is 5.91 Å². The van der Waals surface area contributed by atoms with E-state index in [1.807, 2.05) is 26.8 Å². The van der Waals surface area contributed by atoms with Gasteiger partial charge < -0.3 is 10.4 Å². The van der Waals surface area contributed by atoms with Crippen molar-refractivity contribution in [2.24, 2.45) is 5.92 Å². The highest BCUT2D eigenvalue weighted by Gasteiger charge is 2.14. The van der Waals surface area contributed by atoms with Gasteiger partial charge in [0.05, 0.1) is 11.0 Å². The van der Waals surface area contributed by atoms with Crippen molar-refractivity contribution in [1.29, 1.82) is 0 Å². The maximum absolute atomic E-state index is 11.8. The van der Waals surface area contributed by atoms with E-state index in [2.05, 4.69) is 12.2 Å². The molecule has 0 aliphatic rings. The van der Waals surface area contributed by atoms with Gasteiger partial charge in [0.15, 0.2) is 0 Å². The Kier molecular flexibility index (Phi) is 5.15. The van der Waals surface area contributed by atoms with E-state index in [-0.39, 0.29) is 11.8 Å². The van der Waals surface area contributed by atoms with E-state index in [0.717, 1.165) is 11.3 Å². The van der Waals surface area contributed by atoms with Crippen LogP contribution in [-0.4, -0.2) is 23.7 Å². The fourth-order valence-corrected chi connectivity index (χ4v) is 2.53. The molecule has 1 atom stereocenters. The molecule has 3 nitrogen and oxygen atoms in total. The van der Waals surface area contributed by atoms with Gasteiger partial charge in [0.1, 0.15) is 0 Å². The van der Waals surface area contributed by atoms with Crippen LogP contribution in [-0.2, 0) is 6.42 Å². The molecule has 0 fully saturated rings. The van der Waals surface area contributed by atoms with Crippen LogP contribution in [0, 0.1) is 12.8 Å². The first-order chi connectivity index (χ1) is 7.95. The van der Waals surface area contributed by atoms with Crippen LogP contribution in [0.3, 0.4) is 0 Å². The summed E-state index contributed by atoms with van der Waals surface area (Å²) in [7, 11) is 0. The molecule has 0 saturated carbocycles. The Morgan fingerprint density at radius 2 is 2.18 bits per heavy atom. The maximum Gasteiger partial charge on any atom is 0.261 e. The Morgan fingerprint density at radius 3 is 2.65 bits per heavy atom. The molecule has 0 aromatic carbocycles. The van der Waals surface area contributed by atoms with E-state index in [9.17, 15) is 9.90 Å². The zero-order valence-corrected chi connectivity index (χ0v) is 11.7. The van der Waals surface area contributed by atoms with Gasteiger partial charge in [-0.25, -0.2) is 0 Å². The molecule has 0 spiro atoms. The maximum atomic E-state index is 11.8. The Bertz CT molecular complexity index is 385. The van der Waals surface area contributed by atoms with Gasteiger partial charge in [-0.1, -0.05) is 20.8 Å². The van der Waals surface area contributed by atoms with Crippen molar-refractivity contribution < 1.29 is 9.90 Å². The summed E-state index contributed by atoms with van der Waals surface area (Å²) in [5.74, 6) is 0.0732. The monoisotopic (exact) mass is 255 g/mol. The Hall–Kier alpha value is -0.870. The average molecular weight is 255 g/mol. The molecule has 0 aliphatic heterocycles. The Morgan fingerprint density at radius 1 is 1.53 bits per heavy atom. The molecule has 1 heterocycles. The summed E-state index contributed by atoms with van der Waals surface area (Å²) in [5, 5.41) is 12.4. The molecule has 0 bridgehead atoms. The van der Waals surface area contributed by atoms with Crippen molar-refractivity contribution in [1.82, 2.24) is 5.32 Å². The van der Waals surface area contributed by atoms with Crippen LogP contribution in [0.2, 0.25) is 0 Å². The first-order valence-corrected chi connectivity index (χ1v) is 6.82. The lowest BCUT2D eigenvalue weighted by molar-refractivity contribution is 0.0875. The zero-order chi connectivity index (χ0) is 13.0. The summed E-state index contributed by atoms with van der Waals surface area (Å²) in [5.41, 5.74) is 1.23. The van der Waals surface area contributed by atoms with E-state index < -0.39 is 6.10 Å². The molecule has 1 aromatic rings. The normalized spacial score (nSPS) is 12.8. The second-order valence-corrected chi connectivity index (χ2v) is 5.82. The molecule has 1 rings (SSSR count). The number of aliphatic hydroxyl groups excluding tert-OH is 1. The van der Waals surface area contributed by atoms with E-state index in [0.29, 0.717) is 6.54 Å². The van der Waals surface area contributed by atoms with Crippen LogP contribution in [0.1, 0.15) is 40.9 Å². The summed E-state index contributed by atoms with van der Waals surface area (Å²) in [6.45, 7) is 8.29. The van der Waals surface area contributed by atoms with E-state index in [1.54, 1.807) is 0 Å². The van der Waals surface area contributed by atoms with Gasteiger partial charge >= 0.3 is 0 Å².